The van der Waals surface area contributed by atoms with E-state index in [4.69, 9.17) is 14.5 Å². The van der Waals surface area contributed by atoms with Gasteiger partial charge in [-0.25, -0.2) is 23.1 Å². The molecule has 2 aliphatic heterocycles. The van der Waals surface area contributed by atoms with Gasteiger partial charge in [-0.05, 0) is 32.1 Å². The lowest BCUT2D eigenvalue weighted by Gasteiger charge is -2.34. The first kappa shape index (κ1) is 25.8. The van der Waals surface area contributed by atoms with Crippen LogP contribution in [0.4, 0.5) is 30.8 Å². The maximum absolute atomic E-state index is 14.4. The molecule has 3 fully saturated rings. The van der Waals surface area contributed by atoms with Crippen LogP contribution in [0.1, 0.15) is 38.1 Å². The number of hydrogen-bond acceptors (Lipinski definition) is 8. The van der Waals surface area contributed by atoms with Crippen molar-refractivity contribution in [2.24, 2.45) is 5.92 Å². The van der Waals surface area contributed by atoms with Crippen molar-refractivity contribution in [2.45, 2.75) is 44.2 Å². The summed E-state index contributed by atoms with van der Waals surface area (Å²) >= 11 is 0. The number of benzene rings is 1. The summed E-state index contributed by atoms with van der Waals surface area (Å²) in [5.74, 6) is -2.32. The molecule has 1 aromatic carbocycles. The quantitative estimate of drug-likeness (QED) is 0.482. The SMILES string of the molecule is O=C([C@H]1CC[C@H](Nc2ncc3nc(Nc4c(F)cc(F)cc4F)n([C@H]4CCOC4)c3n2)CC1)N1CCOCC1. The minimum Gasteiger partial charge on any atom is -0.379 e. The molecule has 3 aliphatic rings. The molecule has 13 heteroatoms. The molecule has 2 N–H and O–H groups in total. The number of carbonyl (C=O) groups is 1. The highest BCUT2D eigenvalue weighted by Crippen LogP contribution is 2.33. The summed E-state index contributed by atoms with van der Waals surface area (Å²) in [6.45, 7) is 3.42. The molecule has 2 saturated heterocycles. The molecule has 4 heterocycles. The highest BCUT2D eigenvalue weighted by molar-refractivity contribution is 5.79. The third kappa shape index (κ3) is 5.37. The van der Waals surface area contributed by atoms with Crippen molar-refractivity contribution in [3.8, 4) is 0 Å². The average Bonchev–Trinajstić information content (AvgIpc) is 3.58. The fourth-order valence-corrected chi connectivity index (χ4v) is 5.60. The van der Waals surface area contributed by atoms with Gasteiger partial charge in [-0.15, -0.1) is 0 Å². The van der Waals surface area contributed by atoms with E-state index in [9.17, 15) is 18.0 Å². The molecule has 10 nitrogen and oxygen atoms in total. The number of imidazole rings is 1. The van der Waals surface area contributed by atoms with E-state index in [2.05, 4.69) is 20.6 Å². The van der Waals surface area contributed by atoms with Gasteiger partial charge in [-0.1, -0.05) is 0 Å². The van der Waals surface area contributed by atoms with Gasteiger partial charge in [0.2, 0.25) is 17.8 Å². The van der Waals surface area contributed by atoms with Crippen LogP contribution in [0, 0.1) is 23.4 Å². The van der Waals surface area contributed by atoms with Gasteiger partial charge in [0.1, 0.15) is 17.0 Å². The van der Waals surface area contributed by atoms with Gasteiger partial charge >= 0.3 is 0 Å². The lowest BCUT2D eigenvalue weighted by atomic mass is 9.85. The highest BCUT2D eigenvalue weighted by atomic mass is 19.1. The first-order valence-corrected chi connectivity index (χ1v) is 13.3. The molecule has 2 aromatic heterocycles. The first-order valence-electron chi connectivity index (χ1n) is 13.3. The van der Waals surface area contributed by atoms with Gasteiger partial charge in [0.25, 0.3) is 0 Å². The number of halogens is 3. The van der Waals surface area contributed by atoms with E-state index in [0.717, 1.165) is 25.7 Å². The van der Waals surface area contributed by atoms with Crippen LogP contribution < -0.4 is 10.6 Å². The van der Waals surface area contributed by atoms with Gasteiger partial charge in [0.15, 0.2) is 17.3 Å². The number of nitrogens with zero attached hydrogens (tertiary/aromatic N) is 5. The van der Waals surface area contributed by atoms with Crippen molar-refractivity contribution in [1.29, 1.82) is 0 Å². The maximum atomic E-state index is 14.4. The summed E-state index contributed by atoms with van der Waals surface area (Å²) < 4.78 is 54.9. The molecular formula is C26H30F3N7O3. The summed E-state index contributed by atoms with van der Waals surface area (Å²) in [7, 11) is 0. The number of nitrogens with one attached hydrogen (secondary N) is 2. The normalized spacial score (nSPS) is 23.8. The van der Waals surface area contributed by atoms with Crippen LogP contribution >= 0.6 is 0 Å². The number of fused-ring (bicyclic) bond motifs is 1. The molecule has 208 valence electrons. The molecule has 3 aromatic rings. The second-order valence-corrected chi connectivity index (χ2v) is 10.2. The monoisotopic (exact) mass is 545 g/mol. The Bertz CT molecular complexity index is 1330. The zero-order chi connectivity index (χ0) is 26.9. The van der Waals surface area contributed by atoms with Crippen LogP contribution in [0.2, 0.25) is 0 Å². The summed E-state index contributed by atoms with van der Waals surface area (Å²) in [6.07, 6.45) is 5.43. The van der Waals surface area contributed by atoms with E-state index in [1.54, 1.807) is 10.8 Å². The van der Waals surface area contributed by atoms with Crippen LogP contribution in [-0.4, -0.2) is 75.9 Å². The standard InChI is InChI=1S/C26H30F3N7O3/c27-16-11-19(28)22(20(29)12-16)33-26-32-21-13-30-25(34-23(21)36(26)18-5-8-39-14-18)31-17-3-1-15(2-4-17)24(37)35-6-9-38-10-7-35/h11-13,15,17-18H,1-10,14H2,(H,32,33)(H,30,31,34)/t15-,17-,18-/m0/s1. The van der Waals surface area contributed by atoms with Crippen LogP contribution in [-0.2, 0) is 14.3 Å². The minimum absolute atomic E-state index is 0.0224. The molecular weight excluding hydrogens is 515 g/mol. The maximum Gasteiger partial charge on any atom is 0.225 e. The molecule has 1 aliphatic carbocycles. The van der Waals surface area contributed by atoms with Crippen molar-refractivity contribution in [2.75, 3.05) is 50.2 Å². The van der Waals surface area contributed by atoms with Crippen molar-refractivity contribution in [1.82, 2.24) is 24.4 Å². The van der Waals surface area contributed by atoms with Crippen molar-refractivity contribution >= 4 is 34.7 Å². The molecule has 0 unspecified atom stereocenters. The Labute approximate surface area is 222 Å². The largest absolute Gasteiger partial charge is 0.379 e. The number of morpholine rings is 1. The smallest absolute Gasteiger partial charge is 0.225 e. The third-order valence-corrected chi connectivity index (χ3v) is 7.68. The predicted octanol–water partition coefficient (Wildman–Crippen LogP) is 3.78. The Morgan fingerprint density at radius 3 is 2.38 bits per heavy atom. The molecule has 6 rings (SSSR count). The van der Waals surface area contributed by atoms with Crippen molar-refractivity contribution < 1.29 is 27.4 Å². The number of ether oxygens (including phenoxy) is 2. The minimum atomic E-state index is -1.06. The fraction of sp³-hybridized carbons (Fsp3) is 0.538. The van der Waals surface area contributed by atoms with Crippen LogP contribution in [0.25, 0.3) is 11.2 Å². The van der Waals surface area contributed by atoms with Crippen molar-refractivity contribution in [3.63, 3.8) is 0 Å². The van der Waals surface area contributed by atoms with E-state index in [0.29, 0.717) is 75.2 Å². The number of rotatable bonds is 6. The number of anilines is 3. The Kier molecular flexibility index (Phi) is 7.26. The summed E-state index contributed by atoms with van der Waals surface area (Å²) in [4.78, 5) is 28.4. The van der Waals surface area contributed by atoms with E-state index < -0.39 is 23.1 Å². The molecule has 0 bridgehead atoms. The first-order chi connectivity index (χ1) is 19.0. The van der Waals surface area contributed by atoms with Crippen LogP contribution in [0.5, 0.6) is 0 Å². The summed E-state index contributed by atoms with van der Waals surface area (Å²) in [5, 5.41) is 6.09. The Hall–Kier alpha value is -3.45. The van der Waals surface area contributed by atoms with Crippen molar-refractivity contribution in [3.05, 3.63) is 35.8 Å². The molecule has 1 saturated carbocycles. The zero-order valence-electron chi connectivity index (χ0n) is 21.3. The third-order valence-electron chi connectivity index (χ3n) is 7.68. The Balaban J connectivity index is 1.20. The lowest BCUT2D eigenvalue weighted by Crippen LogP contribution is -2.45. The van der Waals surface area contributed by atoms with Crippen LogP contribution in [0.3, 0.4) is 0 Å². The van der Waals surface area contributed by atoms with Gasteiger partial charge < -0.3 is 25.0 Å². The molecule has 39 heavy (non-hydrogen) atoms. The topological polar surface area (TPSA) is 106 Å². The van der Waals surface area contributed by atoms with Gasteiger partial charge in [-0.3, -0.25) is 9.36 Å². The molecule has 0 radical (unpaired) electrons. The van der Waals surface area contributed by atoms with E-state index >= 15 is 0 Å². The second kappa shape index (κ2) is 11.0. The molecule has 0 spiro atoms. The number of carbonyl (C=O) groups excluding carboxylic acids is 1. The van der Waals surface area contributed by atoms with Crippen LogP contribution in [0.15, 0.2) is 18.3 Å². The fourth-order valence-electron chi connectivity index (χ4n) is 5.60. The highest BCUT2D eigenvalue weighted by Gasteiger charge is 2.31. The van der Waals surface area contributed by atoms with E-state index in [-0.39, 0.29) is 29.9 Å². The van der Waals surface area contributed by atoms with Gasteiger partial charge in [0.05, 0.1) is 32.1 Å². The van der Waals surface area contributed by atoms with E-state index in [1.165, 1.54) is 0 Å². The van der Waals surface area contributed by atoms with Gasteiger partial charge in [0, 0.05) is 43.8 Å². The number of amides is 1. The Morgan fingerprint density at radius 2 is 1.69 bits per heavy atom. The lowest BCUT2D eigenvalue weighted by molar-refractivity contribution is -0.140. The van der Waals surface area contributed by atoms with Gasteiger partial charge in [-0.2, -0.15) is 4.98 Å². The molecule has 1 amide bonds. The average molecular weight is 546 g/mol. The number of hydrogen-bond donors (Lipinski definition) is 2. The second-order valence-electron chi connectivity index (χ2n) is 10.2. The summed E-state index contributed by atoms with van der Waals surface area (Å²) in [5.41, 5.74) is 0.434. The molecule has 1 atom stereocenters. The zero-order valence-corrected chi connectivity index (χ0v) is 21.3. The number of aromatic nitrogens is 4. The Morgan fingerprint density at radius 1 is 0.949 bits per heavy atom. The van der Waals surface area contributed by atoms with E-state index in [1.807, 2.05) is 4.90 Å². The summed E-state index contributed by atoms with van der Waals surface area (Å²) in [6, 6.07) is 1.18. The predicted molar refractivity (Wildman–Crippen MR) is 136 cm³/mol.